The van der Waals surface area contributed by atoms with Crippen molar-refractivity contribution in [2.45, 2.75) is 19.4 Å². The number of furan rings is 1. The van der Waals surface area contributed by atoms with Crippen molar-refractivity contribution < 1.29 is 9.21 Å². The maximum Gasteiger partial charge on any atom is 0.220 e. The lowest BCUT2D eigenvalue weighted by Crippen LogP contribution is -2.24. The van der Waals surface area contributed by atoms with Gasteiger partial charge in [-0.05, 0) is 30.2 Å². The van der Waals surface area contributed by atoms with Gasteiger partial charge in [-0.1, -0.05) is 12.1 Å². The summed E-state index contributed by atoms with van der Waals surface area (Å²) in [5.74, 6) is -0.0619. The quantitative estimate of drug-likeness (QED) is 0.749. The number of amides is 1. The van der Waals surface area contributed by atoms with Crippen LogP contribution in [-0.2, 0) is 17.8 Å². The predicted octanol–water partition coefficient (Wildman–Crippen LogP) is 2.86. The first-order chi connectivity index (χ1) is 12.3. The summed E-state index contributed by atoms with van der Waals surface area (Å²) in [5, 5.41) is 11.7. The second kappa shape index (κ2) is 7.88. The molecule has 0 radical (unpaired) electrons. The summed E-state index contributed by atoms with van der Waals surface area (Å²) in [4.78, 5) is 20.7. The van der Waals surface area contributed by atoms with E-state index >= 15 is 0 Å². The van der Waals surface area contributed by atoms with Gasteiger partial charge in [-0.15, -0.1) is 0 Å². The van der Waals surface area contributed by atoms with E-state index in [4.69, 9.17) is 9.68 Å². The number of nitriles is 1. The zero-order valence-corrected chi connectivity index (χ0v) is 13.5. The largest absolute Gasteiger partial charge is 0.472 e. The van der Waals surface area contributed by atoms with Gasteiger partial charge in [-0.3, -0.25) is 14.8 Å². The number of carbonyl (C=O) groups is 1. The first-order valence-electron chi connectivity index (χ1n) is 7.84. The fourth-order valence-corrected chi connectivity index (χ4v) is 2.41. The zero-order valence-electron chi connectivity index (χ0n) is 13.5. The van der Waals surface area contributed by atoms with Crippen LogP contribution in [0.4, 0.5) is 0 Å². The standard InChI is InChI=1S/C19H16N4O2/c20-11-15-3-1-14(2-4-15)5-6-18(24)23-12-17-19(22-9-8-21-17)16-7-10-25-13-16/h1-4,7-10,13H,5-6,12H2,(H,23,24). The molecular formula is C19H16N4O2. The molecule has 0 atom stereocenters. The number of nitrogens with zero attached hydrogens (tertiary/aromatic N) is 3. The molecule has 124 valence electrons. The monoisotopic (exact) mass is 332 g/mol. The van der Waals surface area contributed by atoms with Crippen LogP contribution in [0, 0.1) is 11.3 Å². The highest BCUT2D eigenvalue weighted by Gasteiger charge is 2.10. The first kappa shape index (κ1) is 16.4. The summed E-state index contributed by atoms with van der Waals surface area (Å²) in [6, 6.07) is 11.1. The van der Waals surface area contributed by atoms with Crippen LogP contribution >= 0.6 is 0 Å². The molecule has 2 heterocycles. The van der Waals surface area contributed by atoms with Crippen molar-refractivity contribution in [2.75, 3.05) is 0 Å². The number of carbonyl (C=O) groups excluding carboxylic acids is 1. The van der Waals surface area contributed by atoms with Crippen LogP contribution in [-0.4, -0.2) is 15.9 Å². The Hall–Kier alpha value is -3.46. The second-order valence-electron chi connectivity index (χ2n) is 5.45. The van der Waals surface area contributed by atoms with E-state index in [1.54, 1.807) is 43.1 Å². The zero-order chi connectivity index (χ0) is 17.5. The third-order valence-electron chi connectivity index (χ3n) is 3.75. The van der Waals surface area contributed by atoms with Gasteiger partial charge in [0.2, 0.25) is 5.91 Å². The Balaban J connectivity index is 1.55. The van der Waals surface area contributed by atoms with Gasteiger partial charge in [-0.2, -0.15) is 5.26 Å². The third kappa shape index (κ3) is 4.30. The molecule has 1 amide bonds. The van der Waals surface area contributed by atoms with Crippen LogP contribution in [0.25, 0.3) is 11.3 Å². The average Bonchev–Trinajstić information content (AvgIpc) is 3.20. The SMILES string of the molecule is N#Cc1ccc(CCC(=O)NCc2nccnc2-c2ccoc2)cc1. The number of hydrogen-bond donors (Lipinski definition) is 1. The van der Waals surface area contributed by atoms with Gasteiger partial charge in [0.15, 0.2) is 0 Å². The van der Waals surface area contributed by atoms with E-state index in [0.29, 0.717) is 36.3 Å². The maximum atomic E-state index is 12.1. The molecule has 0 unspecified atom stereocenters. The third-order valence-corrected chi connectivity index (χ3v) is 3.75. The van der Waals surface area contributed by atoms with Gasteiger partial charge in [-0.25, -0.2) is 0 Å². The van der Waals surface area contributed by atoms with Crippen molar-refractivity contribution in [3.63, 3.8) is 0 Å². The summed E-state index contributed by atoms with van der Waals surface area (Å²) in [6.07, 6.45) is 7.37. The number of rotatable bonds is 6. The van der Waals surface area contributed by atoms with Crippen molar-refractivity contribution in [3.05, 3.63) is 72.1 Å². The van der Waals surface area contributed by atoms with Gasteiger partial charge in [0.05, 0.1) is 42.1 Å². The van der Waals surface area contributed by atoms with E-state index < -0.39 is 0 Å². The van der Waals surface area contributed by atoms with Crippen molar-refractivity contribution in [3.8, 4) is 17.3 Å². The minimum atomic E-state index is -0.0619. The Labute approximate surface area is 145 Å². The highest BCUT2D eigenvalue weighted by atomic mass is 16.3. The van der Waals surface area contributed by atoms with Gasteiger partial charge >= 0.3 is 0 Å². The number of aromatic nitrogens is 2. The van der Waals surface area contributed by atoms with E-state index in [1.807, 2.05) is 12.1 Å². The Morgan fingerprint density at radius 1 is 1.16 bits per heavy atom. The lowest BCUT2D eigenvalue weighted by Gasteiger charge is -2.08. The van der Waals surface area contributed by atoms with Crippen LogP contribution < -0.4 is 5.32 Å². The fourth-order valence-electron chi connectivity index (χ4n) is 2.41. The highest BCUT2D eigenvalue weighted by Crippen LogP contribution is 2.19. The van der Waals surface area contributed by atoms with Gasteiger partial charge in [0, 0.05) is 24.4 Å². The van der Waals surface area contributed by atoms with Crippen LogP contribution in [0.1, 0.15) is 23.2 Å². The van der Waals surface area contributed by atoms with Gasteiger partial charge < -0.3 is 9.73 Å². The van der Waals surface area contributed by atoms with Crippen molar-refractivity contribution in [1.29, 1.82) is 5.26 Å². The smallest absolute Gasteiger partial charge is 0.220 e. The van der Waals surface area contributed by atoms with E-state index in [2.05, 4.69) is 21.4 Å². The van der Waals surface area contributed by atoms with Crippen LogP contribution in [0.5, 0.6) is 0 Å². The molecule has 1 aromatic carbocycles. The molecular weight excluding hydrogens is 316 g/mol. The number of aryl methyl sites for hydroxylation is 1. The predicted molar refractivity (Wildman–Crippen MR) is 91.1 cm³/mol. The summed E-state index contributed by atoms with van der Waals surface area (Å²) in [6.45, 7) is 0.306. The number of benzene rings is 1. The normalized spacial score (nSPS) is 10.2. The Morgan fingerprint density at radius 3 is 2.68 bits per heavy atom. The van der Waals surface area contributed by atoms with Gasteiger partial charge in [0.25, 0.3) is 0 Å². The molecule has 3 aromatic rings. The van der Waals surface area contributed by atoms with E-state index in [0.717, 1.165) is 11.1 Å². The molecule has 3 rings (SSSR count). The Bertz CT molecular complexity index is 881. The maximum absolute atomic E-state index is 12.1. The van der Waals surface area contributed by atoms with E-state index in [1.165, 1.54) is 0 Å². The lowest BCUT2D eigenvalue weighted by atomic mass is 10.1. The van der Waals surface area contributed by atoms with Crippen LogP contribution in [0.2, 0.25) is 0 Å². The topological polar surface area (TPSA) is 91.8 Å². The van der Waals surface area contributed by atoms with Crippen LogP contribution in [0.3, 0.4) is 0 Å². The molecule has 2 aromatic heterocycles. The lowest BCUT2D eigenvalue weighted by molar-refractivity contribution is -0.121. The van der Waals surface area contributed by atoms with Crippen LogP contribution in [0.15, 0.2) is 59.7 Å². The molecule has 25 heavy (non-hydrogen) atoms. The second-order valence-corrected chi connectivity index (χ2v) is 5.45. The minimum absolute atomic E-state index is 0.0619. The molecule has 0 spiro atoms. The molecule has 0 saturated carbocycles. The average molecular weight is 332 g/mol. The van der Waals surface area contributed by atoms with E-state index in [9.17, 15) is 4.79 Å². The highest BCUT2D eigenvalue weighted by molar-refractivity contribution is 5.76. The summed E-state index contributed by atoms with van der Waals surface area (Å²) >= 11 is 0. The number of nitrogens with one attached hydrogen (secondary N) is 1. The molecule has 0 aliphatic rings. The summed E-state index contributed by atoms with van der Waals surface area (Å²) < 4.78 is 5.08. The van der Waals surface area contributed by atoms with Crippen molar-refractivity contribution >= 4 is 5.91 Å². The fraction of sp³-hybridized carbons (Fsp3) is 0.158. The van der Waals surface area contributed by atoms with Crippen molar-refractivity contribution in [1.82, 2.24) is 15.3 Å². The summed E-state index contributed by atoms with van der Waals surface area (Å²) in [7, 11) is 0. The minimum Gasteiger partial charge on any atom is -0.472 e. The molecule has 6 heteroatoms. The molecule has 6 nitrogen and oxygen atoms in total. The Kier molecular flexibility index (Phi) is 5.17. The number of hydrogen-bond acceptors (Lipinski definition) is 5. The molecule has 0 aliphatic carbocycles. The molecule has 0 aliphatic heterocycles. The van der Waals surface area contributed by atoms with Crippen molar-refractivity contribution in [2.24, 2.45) is 0 Å². The molecule has 1 N–H and O–H groups in total. The first-order valence-corrected chi connectivity index (χ1v) is 7.84. The van der Waals surface area contributed by atoms with E-state index in [-0.39, 0.29) is 5.91 Å². The van der Waals surface area contributed by atoms with Gasteiger partial charge in [0.1, 0.15) is 0 Å². The summed E-state index contributed by atoms with van der Waals surface area (Å²) in [5.41, 5.74) is 3.85. The molecule has 0 bridgehead atoms. The Morgan fingerprint density at radius 2 is 1.96 bits per heavy atom. The molecule has 0 saturated heterocycles. The molecule has 0 fully saturated rings.